The molecule has 3 heterocycles. The van der Waals surface area contributed by atoms with Gasteiger partial charge in [-0.2, -0.15) is 0 Å². The first-order chi connectivity index (χ1) is 13.6. The van der Waals surface area contributed by atoms with Gasteiger partial charge >= 0.3 is 0 Å². The molecular weight excluding hydrogens is 414 g/mol. The van der Waals surface area contributed by atoms with E-state index in [1.54, 1.807) is 23.5 Å². The van der Waals surface area contributed by atoms with E-state index in [1.807, 2.05) is 41.1 Å². The average Bonchev–Trinajstić information content (AvgIpc) is 3.40. The Hall–Kier alpha value is -2.59. The molecule has 0 bridgehead atoms. The lowest BCUT2D eigenvalue weighted by Crippen LogP contribution is -2.23. The number of rotatable bonds is 7. The number of pyridine rings is 1. The topological polar surface area (TPSA) is 81.2 Å². The van der Waals surface area contributed by atoms with Crippen molar-refractivity contribution in [1.29, 1.82) is 0 Å². The number of ether oxygens (including phenoxy) is 1. The van der Waals surface area contributed by atoms with Crippen molar-refractivity contribution in [3.05, 3.63) is 77.2 Å². The van der Waals surface area contributed by atoms with Crippen LogP contribution in [-0.2, 0) is 16.6 Å². The van der Waals surface area contributed by atoms with Gasteiger partial charge in [0.2, 0.25) is 15.9 Å². The average molecular weight is 430 g/mol. The van der Waals surface area contributed by atoms with E-state index in [9.17, 15) is 8.42 Å². The third-order valence-electron chi connectivity index (χ3n) is 3.71. The summed E-state index contributed by atoms with van der Waals surface area (Å²) in [5.41, 5.74) is 0.675. The van der Waals surface area contributed by atoms with Crippen molar-refractivity contribution in [3.8, 4) is 21.5 Å². The molecule has 0 amide bonds. The molecule has 3 aromatic heterocycles. The summed E-state index contributed by atoms with van der Waals surface area (Å²) in [6, 6.07) is 16.1. The van der Waals surface area contributed by atoms with Crippen molar-refractivity contribution in [2.75, 3.05) is 0 Å². The molecule has 142 valence electrons. The Morgan fingerprint density at radius 1 is 1.00 bits per heavy atom. The van der Waals surface area contributed by atoms with Crippen LogP contribution < -0.4 is 9.46 Å². The lowest BCUT2D eigenvalue weighted by Gasteiger charge is -2.07. The normalized spacial score (nSPS) is 11.4. The van der Waals surface area contributed by atoms with Gasteiger partial charge in [0.15, 0.2) is 0 Å². The van der Waals surface area contributed by atoms with Crippen molar-refractivity contribution in [2.24, 2.45) is 0 Å². The van der Waals surface area contributed by atoms with E-state index in [-0.39, 0.29) is 11.4 Å². The Morgan fingerprint density at radius 3 is 2.57 bits per heavy atom. The Morgan fingerprint density at radius 2 is 1.86 bits per heavy atom. The highest BCUT2D eigenvalue weighted by atomic mass is 32.2. The fourth-order valence-corrected chi connectivity index (χ4v) is 4.93. The maximum Gasteiger partial charge on any atom is 0.242 e. The molecule has 1 aromatic carbocycles. The zero-order chi connectivity index (χ0) is 19.4. The first-order valence-corrected chi connectivity index (χ1v) is 11.5. The molecular formula is C19H15N3O3S3. The third-order valence-corrected chi connectivity index (χ3v) is 7.03. The molecule has 0 saturated carbocycles. The van der Waals surface area contributed by atoms with Gasteiger partial charge in [-0.1, -0.05) is 24.3 Å². The minimum absolute atomic E-state index is 0.0709. The van der Waals surface area contributed by atoms with Gasteiger partial charge in [-0.05, 0) is 29.6 Å². The molecule has 0 radical (unpaired) electrons. The number of nitrogens with zero attached hydrogens (tertiary/aromatic N) is 2. The second-order valence-electron chi connectivity index (χ2n) is 5.69. The van der Waals surface area contributed by atoms with Gasteiger partial charge < -0.3 is 4.74 Å². The van der Waals surface area contributed by atoms with Crippen LogP contribution in [0.1, 0.15) is 5.69 Å². The fraction of sp³-hybridized carbons (Fsp3) is 0.0526. The lowest BCUT2D eigenvalue weighted by atomic mass is 10.3. The summed E-state index contributed by atoms with van der Waals surface area (Å²) >= 11 is 3.09. The second-order valence-corrected chi connectivity index (χ2v) is 9.27. The minimum Gasteiger partial charge on any atom is -0.439 e. The summed E-state index contributed by atoms with van der Waals surface area (Å²) in [5, 5.41) is 4.72. The molecule has 0 spiro atoms. The van der Waals surface area contributed by atoms with Crippen molar-refractivity contribution in [2.45, 2.75) is 11.4 Å². The summed E-state index contributed by atoms with van der Waals surface area (Å²) in [6.45, 7) is 0.118. The molecule has 0 saturated heterocycles. The fourth-order valence-electron chi connectivity index (χ4n) is 2.35. The largest absolute Gasteiger partial charge is 0.439 e. The molecule has 1 N–H and O–H groups in total. The van der Waals surface area contributed by atoms with Gasteiger partial charge in [-0.3, -0.25) is 0 Å². The predicted octanol–water partition coefficient (Wildman–Crippen LogP) is 4.54. The molecule has 28 heavy (non-hydrogen) atoms. The van der Waals surface area contributed by atoms with E-state index in [0.717, 1.165) is 9.88 Å². The highest BCUT2D eigenvalue weighted by molar-refractivity contribution is 7.89. The van der Waals surface area contributed by atoms with E-state index in [1.165, 1.54) is 29.7 Å². The zero-order valence-corrected chi connectivity index (χ0v) is 16.9. The van der Waals surface area contributed by atoms with Crippen LogP contribution in [-0.4, -0.2) is 18.4 Å². The van der Waals surface area contributed by atoms with E-state index in [0.29, 0.717) is 17.3 Å². The van der Waals surface area contributed by atoms with Crippen LogP contribution in [0.3, 0.4) is 0 Å². The van der Waals surface area contributed by atoms with E-state index in [4.69, 9.17) is 4.74 Å². The first kappa shape index (κ1) is 18.8. The maximum atomic E-state index is 12.5. The van der Waals surface area contributed by atoms with Crippen LogP contribution in [0, 0.1) is 0 Å². The SMILES string of the molecule is O=S(=O)(NCc1csc(-c2cccs2)n1)c1ccc(Oc2ccccc2)nc1. The molecule has 0 aliphatic rings. The van der Waals surface area contributed by atoms with E-state index < -0.39 is 10.0 Å². The molecule has 0 unspecified atom stereocenters. The summed E-state index contributed by atoms with van der Waals surface area (Å²) in [4.78, 5) is 9.69. The minimum atomic E-state index is -3.69. The van der Waals surface area contributed by atoms with Crippen LogP contribution in [0.4, 0.5) is 0 Å². The van der Waals surface area contributed by atoms with Crippen LogP contribution in [0.2, 0.25) is 0 Å². The van der Waals surface area contributed by atoms with Gasteiger partial charge in [-0.25, -0.2) is 23.1 Å². The summed E-state index contributed by atoms with van der Waals surface area (Å²) < 4.78 is 33.1. The number of thiazole rings is 1. The number of benzene rings is 1. The van der Waals surface area contributed by atoms with Crippen molar-refractivity contribution in [3.63, 3.8) is 0 Å². The number of aromatic nitrogens is 2. The molecule has 0 aliphatic heterocycles. The first-order valence-electron chi connectivity index (χ1n) is 8.27. The van der Waals surface area contributed by atoms with Gasteiger partial charge in [-0.15, -0.1) is 22.7 Å². The number of thiophene rings is 1. The summed E-state index contributed by atoms with van der Waals surface area (Å²) in [6.07, 6.45) is 1.28. The van der Waals surface area contributed by atoms with Crippen LogP contribution in [0.5, 0.6) is 11.6 Å². The molecule has 0 fully saturated rings. The van der Waals surface area contributed by atoms with Gasteiger partial charge in [0, 0.05) is 11.4 Å². The number of hydrogen-bond donors (Lipinski definition) is 1. The van der Waals surface area contributed by atoms with Crippen molar-refractivity contribution < 1.29 is 13.2 Å². The quantitative estimate of drug-likeness (QED) is 0.467. The van der Waals surface area contributed by atoms with Crippen molar-refractivity contribution >= 4 is 32.7 Å². The zero-order valence-electron chi connectivity index (χ0n) is 14.5. The third kappa shape index (κ3) is 4.45. The molecule has 0 aliphatic carbocycles. The summed E-state index contributed by atoms with van der Waals surface area (Å²) in [5.74, 6) is 0.957. The molecule has 0 atom stereocenters. The Kier molecular flexibility index (Phi) is 5.49. The molecule has 9 heteroatoms. The molecule has 6 nitrogen and oxygen atoms in total. The van der Waals surface area contributed by atoms with E-state index in [2.05, 4.69) is 14.7 Å². The predicted molar refractivity (Wildman–Crippen MR) is 110 cm³/mol. The molecule has 4 rings (SSSR count). The number of hydrogen-bond acceptors (Lipinski definition) is 7. The highest BCUT2D eigenvalue weighted by Crippen LogP contribution is 2.28. The van der Waals surface area contributed by atoms with Gasteiger partial charge in [0.25, 0.3) is 0 Å². The van der Waals surface area contributed by atoms with Crippen LogP contribution in [0.15, 0.2) is 76.4 Å². The Balaban J connectivity index is 1.40. The second kappa shape index (κ2) is 8.19. The monoisotopic (exact) mass is 429 g/mol. The van der Waals surface area contributed by atoms with Crippen molar-refractivity contribution in [1.82, 2.24) is 14.7 Å². The van der Waals surface area contributed by atoms with Crippen LogP contribution >= 0.6 is 22.7 Å². The smallest absolute Gasteiger partial charge is 0.242 e. The summed E-state index contributed by atoms with van der Waals surface area (Å²) in [7, 11) is -3.69. The van der Waals surface area contributed by atoms with Gasteiger partial charge in [0.05, 0.1) is 23.3 Å². The maximum absolute atomic E-state index is 12.5. The number of para-hydroxylation sites is 1. The molecule has 4 aromatic rings. The van der Waals surface area contributed by atoms with E-state index >= 15 is 0 Å². The van der Waals surface area contributed by atoms with Gasteiger partial charge in [0.1, 0.15) is 15.7 Å². The standard InChI is InChI=1S/C19H15N3O3S3/c23-28(24,21-11-14-13-27-19(22-14)17-7-4-10-26-17)16-8-9-18(20-12-16)25-15-5-2-1-3-6-15/h1-10,12-13,21H,11H2. The van der Waals surface area contributed by atoms with Crippen LogP contribution in [0.25, 0.3) is 9.88 Å². The Labute approximate surface area is 170 Å². The number of nitrogens with one attached hydrogen (secondary N) is 1. The Bertz CT molecular complexity index is 1140. The number of sulfonamides is 1. The lowest BCUT2D eigenvalue weighted by molar-refractivity contribution is 0.462. The highest BCUT2D eigenvalue weighted by Gasteiger charge is 2.16.